The van der Waals surface area contributed by atoms with Crippen molar-refractivity contribution in [3.63, 3.8) is 0 Å². The van der Waals surface area contributed by atoms with Gasteiger partial charge in [0.1, 0.15) is 5.82 Å². The predicted octanol–water partition coefficient (Wildman–Crippen LogP) is 3.49. The molecule has 4 heteroatoms. The molecule has 1 atom stereocenters. The molecule has 3 rings (SSSR count). The zero-order chi connectivity index (χ0) is 18.5. The molecule has 0 radical (unpaired) electrons. The summed E-state index contributed by atoms with van der Waals surface area (Å²) in [5.41, 5.74) is 4.21. The molecule has 0 amide bonds. The molecular formula is C22H22FNO2. The highest BCUT2D eigenvalue weighted by Crippen LogP contribution is 2.25. The van der Waals surface area contributed by atoms with Gasteiger partial charge in [-0.25, -0.2) is 4.39 Å². The zero-order valence-corrected chi connectivity index (χ0v) is 14.8. The first-order chi connectivity index (χ1) is 12.5. The summed E-state index contributed by atoms with van der Waals surface area (Å²) >= 11 is 0. The summed E-state index contributed by atoms with van der Waals surface area (Å²) in [6.07, 6.45) is 3.09. The predicted molar refractivity (Wildman–Crippen MR) is 99.5 cm³/mol. The van der Waals surface area contributed by atoms with Crippen LogP contribution < -0.4 is 0 Å². The fraction of sp³-hybridized carbons (Fsp3) is 0.318. The van der Waals surface area contributed by atoms with Gasteiger partial charge in [0.15, 0.2) is 0 Å². The lowest BCUT2D eigenvalue weighted by Gasteiger charge is -2.32. The number of nitrogens with zero attached hydrogens (tertiary/aromatic N) is 1. The van der Waals surface area contributed by atoms with Crippen LogP contribution >= 0.6 is 0 Å². The molecule has 0 saturated heterocycles. The van der Waals surface area contributed by atoms with Gasteiger partial charge in [0.2, 0.25) is 0 Å². The summed E-state index contributed by atoms with van der Waals surface area (Å²) in [6, 6.07) is 12.9. The van der Waals surface area contributed by atoms with E-state index in [2.05, 4.69) is 28.9 Å². The van der Waals surface area contributed by atoms with Crippen LogP contribution in [0, 0.1) is 17.7 Å². The van der Waals surface area contributed by atoms with Crippen molar-refractivity contribution < 1.29 is 14.3 Å². The number of carboxylic acids is 1. The monoisotopic (exact) mass is 351 g/mol. The summed E-state index contributed by atoms with van der Waals surface area (Å²) in [5, 5.41) is 8.84. The Morgan fingerprint density at radius 3 is 2.69 bits per heavy atom. The second-order valence-corrected chi connectivity index (χ2v) is 6.76. The standard InChI is InChI=1S/C22H22FNO2/c1-24(12-11-22(25)26)21-10-9-18-13-17(7-8-19(18)15-21)6-5-16-3-2-4-20(23)14-16/h2-4,7-8,13-14,21H,9-12,15H2,1H3,(H,25,26). The number of benzene rings is 2. The van der Waals surface area contributed by atoms with Crippen LogP contribution in [0.1, 0.15) is 35.1 Å². The van der Waals surface area contributed by atoms with E-state index < -0.39 is 5.97 Å². The third kappa shape index (κ3) is 4.71. The minimum Gasteiger partial charge on any atom is -0.481 e. The fourth-order valence-electron chi connectivity index (χ4n) is 3.35. The molecule has 2 aromatic carbocycles. The Morgan fingerprint density at radius 2 is 1.96 bits per heavy atom. The Morgan fingerprint density at radius 1 is 1.19 bits per heavy atom. The maximum Gasteiger partial charge on any atom is 0.304 e. The first-order valence-electron chi connectivity index (χ1n) is 8.82. The summed E-state index contributed by atoms with van der Waals surface area (Å²) in [5.74, 6) is 5.09. The summed E-state index contributed by atoms with van der Waals surface area (Å²) < 4.78 is 13.2. The van der Waals surface area contributed by atoms with Crippen molar-refractivity contribution in [2.75, 3.05) is 13.6 Å². The second kappa shape index (κ2) is 8.16. The van der Waals surface area contributed by atoms with Gasteiger partial charge in [-0.3, -0.25) is 4.79 Å². The molecule has 0 saturated carbocycles. The second-order valence-electron chi connectivity index (χ2n) is 6.76. The van der Waals surface area contributed by atoms with Crippen molar-refractivity contribution in [1.82, 2.24) is 4.90 Å². The van der Waals surface area contributed by atoms with E-state index >= 15 is 0 Å². The van der Waals surface area contributed by atoms with Crippen LogP contribution in [0.5, 0.6) is 0 Å². The molecule has 0 aliphatic heterocycles. The van der Waals surface area contributed by atoms with Gasteiger partial charge in [-0.2, -0.15) is 0 Å². The van der Waals surface area contributed by atoms with Gasteiger partial charge in [-0.1, -0.05) is 24.0 Å². The molecular weight excluding hydrogens is 329 g/mol. The van der Waals surface area contributed by atoms with Crippen LogP contribution in [0.25, 0.3) is 0 Å². The summed E-state index contributed by atoms with van der Waals surface area (Å²) in [6.45, 7) is 0.576. The Bertz CT molecular complexity index is 866. The molecule has 1 aliphatic rings. The number of carboxylic acid groups (broad SMARTS) is 1. The molecule has 0 bridgehead atoms. The lowest BCUT2D eigenvalue weighted by atomic mass is 9.86. The van der Waals surface area contributed by atoms with Crippen molar-refractivity contribution in [3.8, 4) is 11.8 Å². The average Bonchev–Trinajstić information content (AvgIpc) is 2.64. The van der Waals surface area contributed by atoms with Crippen molar-refractivity contribution in [3.05, 3.63) is 70.5 Å². The first-order valence-corrected chi connectivity index (χ1v) is 8.82. The molecule has 1 unspecified atom stereocenters. The lowest BCUT2D eigenvalue weighted by molar-refractivity contribution is -0.137. The van der Waals surface area contributed by atoms with Crippen LogP contribution in [0.15, 0.2) is 42.5 Å². The van der Waals surface area contributed by atoms with Gasteiger partial charge in [0, 0.05) is 23.7 Å². The van der Waals surface area contributed by atoms with E-state index in [1.165, 1.54) is 23.3 Å². The molecule has 134 valence electrons. The third-order valence-electron chi connectivity index (χ3n) is 4.89. The lowest BCUT2D eigenvalue weighted by Crippen LogP contribution is -2.37. The van der Waals surface area contributed by atoms with Crippen molar-refractivity contribution in [2.45, 2.75) is 31.7 Å². The average molecular weight is 351 g/mol. The first kappa shape index (κ1) is 18.2. The van der Waals surface area contributed by atoms with Crippen LogP contribution in [-0.2, 0) is 17.6 Å². The Hall–Kier alpha value is -2.64. The molecule has 0 aromatic heterocycles. The molecule has 0 fully saturated rings. The number of aliphatic carboxylic acids is 1. The van der Waals surface area contributed by atoms with Gasteiger partial charge in [0.05, 0.1) is 6.42 Å². The highest BCUT2D eigenvalue weighted by Gasteiger charge is 2.22. The smallest absolute Gasteiger partial charge is 0.304 e. The minimum absolute atomic E-state index is 0.175. The number of rotatable bonds is 4. The number of aryl methyl sites for hydroxylation is 1. The molecule has 3 nitrogen and oxygen atoms in total. The number of hydrogen-bond acceptors (Lipinski definition) is 2. The van der Waals surface area contributed by atoms with Crippen LogP contribution in [0.4, 0.5) is 4.39 Å². The van der Waals surface area contributed by atoms with Crippen LogP contribution in [0.3, 0.4) is 0 Å². The van der Waals surface area contributed by atoms with Gasteiger partial charge in [0.25, 0.3) is 0 Å². The number of likely N-dealkylation sites (N-methyl/N-ethyl adjacent to an activating group) is 1. The quantitative estimate of drug-likeness (QED) is 0.858. The van der Waals surface area contributed by atoms with E-state index in [9.17, 15) is 9.18 Å². The van der Waals surface area contributed by atoms with Crippen molar-refractivity contribution >= 4 is 5.97 Å². The largest absolute Gasteiger partial charge is 0.481 e. The SMILES string of the molecule is CN(CCC(=O)O)C1CCc2cc(C#Cc3cccc(F)c3)ccc2C1. The van der Waals surface area contributed by atoms with E-state index in [0.29, 0.717) is 18.2 Å². The number of carbonyl (C=O) groups is 1. The van der Waals surface area contributed by atoms with Gasteiger partial charge in [-0.15, -0.1) is 0 Å². The Kier molecular flexibility index (Phi) is 5.70. The molecule has 0 heterocycles. The normalized spacial score (nSPS) is 15.9. The summed E-state index contributed by atoms with van der Waals surface area (Å²) in [7, 11) is 2.00. The van der Waals surface area contributed by atoms with E-state index in [-0.39, 0.29) is 12.2 Å². The van der Waals surface area contributed by atoms with Gasteiger partial charge >= 0.3 is 5.97 Å². The topological polar surface area (TPSA) is 40.5 Å². The van der Waals surface area contributed by atoms with E-state index in [0.717, 1.165) is 24.8 Å². The molecule has 1 N–H and O–H groups in total. The van der Waals surface area contributed by atoms with Crippen LogP contribution in [-0.4, -0.2) is 35.6 Å². The Labute approximate surface area is 153 Å². The van der Waals surface area contributed by atoms with Crippen molar-refractivity contribution in [2.24, 2.45) is 0 Å². The number of fused-ring (bicyclic) bond motifs is 1. The molecule has 26 heavy (non-hydrogen) atoms. The third-order valence-corrected chi connectivity index (χ3v) is 4.89. The van der Waals surface area contributed by atoms with Gasteiger partial charge in [-0.05, 0) is 67.8 Å². The number of hydrogen-bond donors (Lipinski definition) is 1. The van der Waals surface area contributed by atoms with E-state index in [1.807, 2.05) is 13.1 Å². The van der Waals surface area contributed by atoms with Crippen LogP contribution in [0.2, 0.25) is 0 Å². The van der Waals surface area contributed by atoms with Gasteiger partial charge < -0.3 is 10.0 Å². The van der Waals surface area contributed by atoms with E-state index in [4.69, 9.17) is 5.11 Å². The molecule has 0 spiro atoms. The fourth-order valence-corrected chi connectivity index (χ4v) is 3.35. The zero-order valence-electron chi connectivity index (χ0n) is 14.8. The minimum atomic E-state index is -0.755. The molecule has 2 aromatic rings. The highest BCUT2D eigenvalue weighted by atomic mass is 19.1. The maximum absolute atomic E-state index is 13.2. The summed E-state index contributed by atoms with van der Waals surface area (Å²) in [4.78, 5) is 12.9. The maximum atomic E-state index is 13.2. The van der Waals surface area contributed by atoms with E-state index in [1.54, 1.807) is 12.1 Å². The highest BCUT2D eigenvalue weighted by molar-refractivity contribution is 5.66. The Balaban J connectivity index is 1.68. The van der Waals surface area contributed by atoms with Crippen molar-refractivity contribution in [1.29, 1.82) is 0 Å². The number of halogens is 1. The molecule has 1 aliphatic carbocycles.